The molecule has 1 aliphatic rings. The summed E-state index contributed by atoms with van der Waals surface area (Å²) in [5.41, 5.74) is 0.815. The fraction of sp³-hybridized carbons (Fsp3) is 0.571. The van der Waals surface area contributed by atoms with E-state index in [1.54, 1.807) is 32.4 Å². The van der Waals surface area contributed by atoms with Crippen LogP contribution in [0.1, 0.15) is 18.4 Å². The van der Waals surface area contributed by atoms with Crippen molar-refractivity contribution in [1.29, 1.82) is 0 Å². The number of ether oxygens (including phenoxy) is 2. The van der Waals surface area contributed by atoms with Crippen LogP contribution in [-0.2, 0) is 21.3 Å². The van der Waals surface area contributed by atoms with Gasteiger partial charge in [0.15, 0.2) is 0 Å². The maximum atomic E-state index is 12.4. The van der Waals surface area contributed by atoms with E-state index in [0.717, 1.165) is 5.56 Å². The first-order valence-electron chi connectivity index (χ1n) is 6.98. The van der Waals surface area contributed by atoms with Crippen LogP contribution in [0.2, 0.25) is 0 Å². The Hall–Kier alpha value is -1.15. The smallest absolute Gasteiger partial charge is 0.240 e. The van der Waals surface area contributed by atoms with E-state index in [-0.39, 0.29) is 10.9 Å². The number of sulfonamides is 1. The number of nitrogens with one attached hydrogen (secondary N) is 2. The first-order valence-corrected chi connectivity index (χ1v) is 8.46. The fourth-order valence-electron chi connectivity index (χ4n) is 2.35. The molecule has 0 bridgehead atoms. The van der Waals surface area contributed by atoms with Crippen molar-refractivity contribution in [3.05, 3.63) is 23.8 Å². The standard InChI is InChI=1S/C14H22N2O4S/c1-15-10-11-9-13(3-4-14(11)19-2)21(17,18)16-12-5-7-20-8-6-12/h3-4,9,12,15-16H,5-8,10H2,1-2H3. The summed E-state index contributed by atoms with van der Waals surface area (Å²) >= 11 is 0. The van der Waals surface area contributed by atoms with Gasteiger partial charge in [0.1, 0.15) is 5.75 Å². The average molecular weight is 314 g/mol. The fourth-order valence-corrected chi connectivity index (χ4v) is 3.71. The van der Waals surface area contributed by atoms with E-state index in [4.69, 9.17) is 9.47 Å². The molecule has 1 aliphatic heterocycles. The van der Waals surface area contributed by atoms with E-state index < -0.39 is 10.0 Å². The molecule has 1 aromatic rings. The van der Waals surface area contributed by atoms with Crippen LogP contribution in [0.3, 0.4) is 0 Å². The molecule has 1 fully saturated rings. The molecule has 0 spiro atoms. The second kappa shape index (κ2) is 7.22. The van der Waals surface area contributed by atoms with Crippen LogP contribution in [0.25, 0.3) is 0 Å². The van der Waals surface area contributed by atoms with Gasteiger partial charge in [0.2, 0.25) is 10.0 Å². The Kier molecular flexibility index (Phi) is 5.58. The Morgan fingerprint density at radius 3 is 2.67 bits per heavy atom. The van der Waals surface area contributed by atoms with Gasteiger partial charge in [-0.05, 0) is 38.1 Å². The molecule has 6 nitrogen and oxygen atoms in total. The summed E-state index contributed by atoms with van der Waals surface area (Å²) in [6, 6.07) is 4.85. The Labute approximate surface area is 125 Å². The van der Waals surface area contributed by atoms with Gasteiger partial charge in [-0.25, -0.2) is 13.1 Å². The molecule has 0 saturated carbocycles. The maximum Gasteiger partial charge on any atom is 0.240 e. The summed E-state index contributed by atoms with van der Waals surface area (Å²) in [5, 5.41) is 3.01. The molecular formula is C14H22N2O4S. The normalized spacial score (nSPS) is 16.9. The molecule has 2 N–H and O–H groups in total. The van der Waals surface area contributed by atoms with Crippen molar-refractivity contribution in [1.82, 2.24) is 10.0 Å². The topological polar surface area (TPSA) is 76.7 Å². The van der Waals surface area contributed by atoms with Crippen molar-refractivity contribution >= 4 is 10.0 Å². The van der Waals surface area contributed by atoms with Crippen LogP contribution < -0.4 is 14.8 Å². The Balaban J connectivity index is 2.20. The third kappa shape index (κ3) is 4.16. The summed E-state index contributed by atoms with van der Waals surface area (Å²) in [7, 11) is -0.136. The molecule has 1 aromatic carbocycles. The monoisotopic (exact) mass is 314 g/mol. The average Bonchev–Trinajstić information content (AvgIpc) is 2.48. The Bertz CT molecular complexity index is 568. The number of hydrogen-bond acceptors (Lipinski definition) is 5. The molecule has 0 unspecified atom stereocenters. The number of methoxy groups -OCH3 is 1. The molecule has 1 saturated heterocycles. The van der Waals surface area contributed by atoms with Gasteiger partial charge in [-0.2, -0.15) is 0 Å². The lowest BCUT2D eigenvalue weighted by molar-refractivity contribution is 0.0832. The highest BCUT2D eigenvalue weighted by Gasteiger charge is 2.22. The Morgan fingerprint density at radius 2 is 2.05 bits per heavy atom. The van der Waals surface area contributed by atoms with Crippen LogP contribution in [0.4, 0.5) is 0 Å². The molecule has 21 heavy (non-hydrogen) atoms. The maximum absolute atomic E-state index is 12.4. The minimum atomic E-state index is -3.51. The number of rotatable bonds is 6. The van der Waals surface area contributed by atoms with Gasteiger partial charge >= 0.3 is 0 Å². The minimum Gasteiger partial charge on any atom is -0.496 e. The van der Waals surface area contributed by atoms with E-state index in [9.17, 15) is 8.42 Å². The van der Waals surface area contributed by atoms with Gasteiger partial charge < -0.3 is 14.8 Å². The van der Waals surface area contributed by atoms with Crippen molar-refractivity contribution in [2.45, 2.75) is 30.3 Å². The molecule has 1 heterocycles. The van der Waals surface area contributed by atoms with Crippen molar-refractivity contribution in [2.75, 3.05) is 27.4 Å². The molecule has 0 radical (unpaired) electrons. The highest BCUT2D eigenvalue weighted by molar-refractivity contribution is 7.89. The second-order valence-electron chi connectivity index (χ2n) is 5.01. The van der Waals surface area contributed by atoms with Crippen molar-refractivity contribution < 1.29 is 17.9 Å². The van der Waals surface area contributed by atoms with Crippen LogP contribution >= 0.6 is 0 Å². The molecule has 2 rings (SSSR count). The van der Waals surface area contributed by atoms with Crippen molar-refractivity contribution in [3.63, 3.8) is 0 Å². The molecule has 7 heteroatoms. The lowest BCUT2D eigenvalue weighted by Gasteiger charge is -2.23. The number of benzene rings is 1. The van der Waals surface area contributed by atoms with Gasteiger partial charge in [0.25, 0.3) is 0 Å². The third-order valence-electron chi connectivity index (χ3n) is 3.47. The van der Waals surface area contributed by atoms with Crippen LogP contribution in [-0.4, -0.2) is 41.8 Å². The largest absolute Gasteiger partial charge is 0.496 e. The first kappa shape index (κ1) is 16.2. The van der Waals surface area contributed by atoms with E-state index in [0.29, 0.717) is 38.3 Å². The summed E-state index contributed by atoms with van der Waals surface area (Å²) in [6.07, 6.45) is 1.41. The van der Waals surface area contributed by atoms with E-state index in [1.807, 2.05) is 0 Å². The van der Waals surface area contributed by atoms with Crippen LogP contribution in [0.5, 0.6) is 5.75 Å². The highest BCUT2D eigenvalue weighted by Crippen LogP contribution is 2.23. The zero-order chi connectivity index (χ0) is 15.3. The summed E-state index contributed by atoms with van der Waals surface area (Å²) in [4.78, 5) is 0.264. The number of hydrogen-bond donors (Lipinski definition) is 2. The van der Waals surface area contributed by atoms with E-state index in [1.165, 1.54) is 0 Å². The summed E-state index contributed by atoms with van der Waals surface area (Å²) in [6.45, 7) is 1.74. The third-order valence-corrected chi connectivity index (χ3v) is 4.99. The highest BCUT2D eigenvalue weighted by atomic mass is 32.2. The molecule has 0 atom stereocenters. The quantitative estimate of drug-likeness (QED) is 0.815. The summed E-state index contributed by atoms with van der Waals surface area (Å²) < 4.78 is 38.1. The van der Waals surface area contributed by atoms with E-state index in [2.05, 4.69) is 10.0 Å². The van der Waals surface area contributed by atoms with Crippen LogP contribution in [0.15, 0.2) is 23.1 Å². The molecule has 0 amide bonds. The predicted molar refractivity (Wildman–Crippen MR) is 79.9 cm³/mol. The second-order valence-corrected chi connectivity index (χ2v) is 6.73. The van der Waals surface area contributed by atoms with Gasteiger partial charge in [0.05, 0.1) is 12.0 Å². The SMILES string of the molecule is CNCc1cc(S(=O)(=O)NC2CCOCC2)ccc1OC. The zero-order valence-electron chi connectivity index (χ0n) is 12.4. The van der Waals surface area contributed by atoms with Crippen molar-refractivity contribution in [3.8, 4) is 5.75 Å². The van der Waals surface area contributed by atoms with Gasteiger partial charge in [-0.3, -0.25) is 0 Å². The van der Waals surface area contributed by atoms with Crippen molar-refractivity contribution in [2.24, 2.45) is 0 Å². The van der Waals surface area contributed by atoms with E-state index >= 15 is 0 Å². The molecule has 118 valence electrons. The Morgan fingerprint density at radius 1 is 1.33 bits per heavy atom. The summed E-state index contributed by atoms with van der Waals surface area (Å²) in [5.74, 6) is 0.675. The molecule has 0 aromatic heterocycles. The van der Waals surface area contributed by atoms with Gasteiger partial charge in [-0.15, -0.1) is 0 Å². The lowest BCUT2D eigenvalue weighted by Crippen LogP contribution is -2.38. The molecular weight excluding hydrogens is 292 g/mol. The van der Waals surface area contributed by atoms with Crippen LogP contribution in [0, 0.1) is 0 Å². The lowest BCUT2D eigenvalue weighted by atomic mass is 10.1. The first-order chi connectivity index (χ1) is 10.1. The minimum absolute atomic E-state index is 0.0569. The van der Waals surface area contributed by atoms with Gasteiger partial charge in [-0.1, -0.05) is 0 Å². The molecule has 0 aliphatic carbocycles. The zero-order valence-corrected chi connectivity index (χ0v) is 13.2. The predicted octanol–water partition coefficient (Wildman–Crippen LogP) is 0.872. The van der Waals surface area contributed by atoms with Gasteiger partial charge in [0, 0.05) is 31.4 Å².